The molecule has 0 saturated carbocycles. The van der Waals surface area contributed by atoms with E-state index in [1.165, 1.54) is 17.5 Å². The highest BCUT2D eigenvalue weighted by Gasteiger charge is 2.27. The van der Waals surface area contributed by atoms with Crippen molar-refractivity contribution in [1.29, 1.82) is 0 Å². The summed E-state index contributed by atoms with van der Waals surface area (Å²) in [5, 5.41) is 0. The second-order valence-corrected chi connectivity index (χ2v) is 6.81. The third-order valence-electron chi connectivity index (χ3n) is 4.56. The van der Waals surface area contributed by atoms with Gasteiger partial charge < -0.3 is 14.4 Å². The number of rotatable bonds is 5. The summed E-state index contributed by atoms with van der Waals surface area (Å²) in [4.78, 5) is 21.0. The highest BCUT2D eigenvalue weighted by molar-refractivity contribution is 5.76. The number of hydrogen-bond donors (Lipinski definition) is 0. The average molecular weight is 326 g/mol. The first kappa shape index (κ1) is 16.7. The number of carbonyl (C=O) groups excluding carboxylic acids is 1. The third-order valence-corrected chi connectivity index (χ3v) is 4.56. The van der Waals surface area contributed by atoms with E-state index in [0.29, 0.717) is 6.54 Å². The van der Waals surface area contributed by atoms with Gasteiger partial charge in [0.2, 0.25) is 5.91 Å². The Morgan fingerprint density at radius 3 is 2.71 bits per heavy atom. The molecule has 5 nitrogen and oxygen atoms in total. The maximum Gasteiger partial charge on any atom is 0.243 e. The Kier molecular flexibility index (Phi) is 5.30. The summed E-state index contributed by atoms with van der Waals surface area (Å²) in [7, 11) is 4.15. The summed E-state index contributed by atoms with van der Waals surface area (Å²) in [5.41, 5.74) is 2.55. The van der Waals surface area contributed by atoms with E-state index in [4.69, 9.17) is 0 Å². The summed E-state index contributed by atoms with van der Waals surface area (Å²) in [6, 6.07) is 8.94. The van der Waals surface area contributed by atoms with Crippen LogP contribution < -0.4 is 0 Å². The Bertz CT molecular complexity index is 649. The molecule has 1 aliphatic heterocycles. The van der Waals surface area contributed by atoms with Crippen LogP contribution in [-0.2, 0) is 17.9 Å². The highest BCUT2D eigenvalue weighted by atomic mass is 16.2. The quantitative estimate of drug-likeness (QED) is 0.848. The average Bonchev–Trinajstić information content (AvgIpc) is 3.08. The molecule has 1 aliphatic rings. The summed E-state index contributed by atoms with van der Waals surface area (Å²) in [6.07, 6.45) is 8.57. The normalized spacial score (nSPS) is 18.1. The Hall–Kier alpha value is -2.14. The predicted molar refractivity (Wildman–Crippen MR) is 94.4 cm³/mol. The lowest BCUT2D eigenvalue weighted by Crippen LogP contribution is -2.40. The first-order valence-corrected chi connectivity index (χ1v) is 8.62. The van der Waals surface area contributed by atoms with E-state index in [9.17, 15) is 4.79 Å². The first-order chi connectivity index (χ1) is 11.6. The van der Waals surface area contributed by atoms with Crippen LogP contribution in [-0.4, -0.2) is 45.9 Å². The number of amides is 1. The maximum atomic E-state index is 12.7. The van der Waals surface area contributed by atoms with Crippen LogP contribution in [0.5, 0.6) is 0 Å². The number of aromatic nitrogens is 2. The van der Waals surface area contributed by atoms with E-state index >= 15 is 0 Å². The molecule has 128 valence electrons. The number of carbonyl (C=O) groups is 1. The van der Waals surface area contributed by atoms with E-state index < -0.39 is 0 Å². The molecule has 0 unspecified atom stereocenters. The zero-order valence-electron chi connectivity index (χ0n) is 14.6. The predicted octanol–water partition coefficient (Wildman–Crippen LogP) is 2.70. The van der Waals surface area contributed by atoms with Crippen molar-refractivity contribution in [3.8, 4) is 0 Å². The van der Waals surface area contributed by atoms with Crippen molar-refractivity contribution >= 4 is 5.91 Å². The largest absolute Gasteiger partial charge is 0.334 e. The molecular weight excluding hydrogens is 300 g/mol. The monoisotopic (exact) mass is 326 g/mol. The van der Waals surface area contributed by atoms with Crippen LogP contribution in [0.3, 0.4) is 0 Å². The Labute approximate surface area is 143 Å². The molecule has 1 atom stereocenters. The molecule has 5 heteroatoms. The van der Waals surface area contributed by atoms with Gasteiger partial charge in [-0.3, -0.25) is 4.79 Å². The lowest BCUT2D eigenvalue weighted by atomic mass is 9.94. The molecule has 1 saturated heterocycles. The molecule has 24 heavy (non-hydrogen) atoms. The Morgan fingerprint density at radius 2 is 2.04 bits per heavy atom. The van der Waals surface area contributed by atoms with Gasteiger partial charge in [-0.15, -0.1) is 0 Å². The maximum absolute atomic E-state index is 12.7. The number of imidazole rings is 1. The molecule has 0 aliphatic carbocycles. The van der Waals surface area contributed by atoms with Crippen molar-refractivity contribution in [2.45, 2.75) is 38.4 Å². The number of hydrogen-bond acceptors (Lipinski definition) is 3. The standard InChI is InChI=1S/C19H26N4O/c1-21(2)13-16-6-8-17(9-7-16)18-5-3-4-11-23(18)19(24)14-22-12-10-20-15-22/h6-10,12,15,18H,3-5,11,13-14H2,1-2H3/t18-/m0/s1. The van der Waals surface area contributed by atoms with Gasteiger partial charge in [0.15, 0.2) is 0 Å². The zero-order chi connectivity index (χ0) is 16.9. The van der Waals surface area contributed by atoms with Gasteiger partial charge in [-0.05, 0) is 44.5 Å². The number of benzene rings is 1. The van der Waals surface area contributed by atoms with Crippen molar-refractivity contribution in [3.05, 3.63) is 54.1 Å². The molecule has 1 aromatic heterocycles. The van der Waals surface area contributed by atoms with Crippen LogP contribution in [0.2, 0.25) is 0 Å². The minimum Gasteiger partial charge on any atom is -0.334 e. The number of likely N-dealkylation sites (tertiary alicyclic amines) is 1. The molecule has 2 heterocycles. The van der Waals surface area contributed by atoms with E-state index in [-0.39, 0.29) is 11.9 Å². The van der Waals surface area contributed by atoms with Gasteiger partial charge in [0, 0.05) is 25.5 Å². The molecule has 0 bridgehead atoms. The molecule has 0 radical (unpaired) electrons. The zero-order valence-corrected chi connectivity index (χ0v) is 14.6. The van der Waals surface area contributed by atoms with Crippen LogP contribution in [0, 0.1) is 0 Å². The van der Waals surface area contributed by atoms with Gasteiger partial charge in [-0.25, -0.2) is 4.98 Å². The minimum atomic E-state index is 0.176. The van der Waals surface area contributed by atoms with Crippen molar-refractivity contribution in [2.24, 2.45) is 0 Å². The minimum absolute atomic E-state index is 0.176. The summed E-state index contributed by atoms with van der Waals surface area (Å²) in [5.74, 6) is 0.176. The summed E-state index contributed by atoms with van der Waals surface area (Å²) in [6.45, 7) is 2.15. The fourth-order valence-electron chi connectivity index (χ4n) is 3.41. The SMILES string of the molecule is CN(C)Cc1ccc([C@@H]2CCCCN2C(=O)Cn2ccnc2)cc1. The number of piperidine rings is 1. The molecule has 1 aromatic carbocycles. The molecular formula is C19H26N4O. The second-order valence-electron chi connectivity index (χ2n) is 6.81. The molecule has 0 N–H and O–H groups in total. The molecule has 3 rings (SSSR count). The van der Waals surface area contributed by atoms with Crippen molar-refractivity contribution in [2.75, 3.05) is 20.6 Å². The topological polar surface area (TPSA) is 41.4 Å². The molecule has 1 fully saturated rings. The van der Waals surface area contributed by atoms with Gasteiger partial charge >= 0.3 is 0 Å². The van der Waals surface area contributed by atoms with Crippen LogP contribution in [0.1, 0.15) is 36.4 Å². The van der Waals surface area contributed by atoms with E-state index in [2.05, 4.69) is 48.2 Å². The first-order valence-electron chi connectivity index (χ1n) is 8.62. The third kappa shape index (κ3) is 4.03. The molecule has 0 spiro atoms. The summed E-state index contributed by atoms with van der Waals surface area (Å²) < 4.78 is 1.84. The molecule has 1 amide bonds. The van der Waals surface area contributed by atoms with Crippen LogP contribution in [0.25, 0.3) is 0 Å². The van der Waals surface area contributed by atoms with Gasteiger partial charge in [0.1, 0.15) is 6.54 Å². The van der Waals surface area contributed by atoms with Crippen molar-refractivity contribution in [3.63, 3.8) is 0 Å². The van der Waals surface area contributed by atoms with Gasteiger partial charge in [0.05, 0.1) is 12.4 Å². The summed E-state index contributed by atoms with van der Waals surface area (Å²) >= 11 is 0. The highest BCUT2D eigenvalue weighted by Crippen LogP contribution is 2.31. The lowest BCUT2D eigenvalue weighted by Gasteiger charge is -2.36. The van der Waals surface area contributed by atoms with E-state index in [0.717, 1.165) is 25.9 Å². The van der Waals surface area contributed by atoms with Gasteiger partial charge in [-0.2, -0.15) is 0 Å². The fraction of sp³-hybridized carbons (Fsp3) is 0.474. The second kappa shape index (κ2) is 7.62. The Balaban J connectivity index is 1.72. The van der Waals surface area contributed by atoms with Gasteiger partial charge in [0.25, 0.3) is 0 Å². The lowest BCUT2D eigenvalue weighted by molar-refractivity contribution is -0.135. The van der Waals surface area contributed by atoms with Crippen LogP contribution in [0.15, 0.2) is 43.0 Å². The number of nitrogens with zero attached hydrogens (tertiary/aromatic N) is 4. The smallest absolute Gasteiger partial charge is 0.243 e. The van der Waals surface area contributed by atoms with E-state index in [1.807, 2.05) is 15.7 Å². The van der Waals surface area contributed by atoms with Crippen LogP contribution >= 0.6 is 0 Å². The van der Waals surface area contributed by atoms with Crippen LogP contribution in [0.4, 0.5) is 0 Å². The van der Waals surface area contributed by atoms with E-state index in [1.54, 1.807) is 12.5 Å². The fourth-order valence-corrected chi connectivity index (χ4v) is 3.41. The van der Waals surface area contributed by atoms with Crippen molar-refractivity contribution < 1.29 is 4.79 Å². The van der Waals surface area contributed by atoms with Gasteiger partial charge in [-0.1, -0.05) is 24.3 Å². The van der Waals surface area contributed by atoms with Crippen molar-refractivity contribution in [1.82, 2.24) is 19.4 Å². The Morgan fingerprint density at radius 1 is 1.25 bits per heavy atom. The molecule has 2 aromatic rings.